The molecule has 1 atom stereocenters. The first-order chi connectivity index (χ1) is 8.13. The van der Waals surface area contributed by atoms with Gasteiger partial charge in [-0.15, -0.1) is 0 Å². The molecule has 1 amide bonds. The second-order valence-electron chi connectivity index (χ2n) is 4.78. The van der Waals surface area contributed by atoms with E-state index < -0.39 is 0 Å². The van der Waals surface area contributed by atoms with Crippen molar-refractivity contribution >= 4 is 5.91 Å². The van der Waals surface area contributed by atoms with Crippen LogP contribution in [0.1, 0.15) is 23.7 Å². The van der Waals surface area contributed by atoms with Crippen molar-refractivity contribution in [3.63, 3.8) is 0 Å². The molecule has 1 aliphatic rings. The number of carbonyl (C=O) groups excluding carboxylic acids is 1. The molecule has 4 nitrogen and oxygen atoms in total. The van der Waals surface area contributed by atoms with Crippen molar-refractivity contribution in [1.82, 2.24) is 15.8 Å². The van der Waals surface area contributed by atoms with Crippen molar-refractivity contribution in [1.29, 1.82) is 0 Å². The number of benzene rings is 1. The van der Waals surface area contributed by atoms with E-state index in [-0.39, 0.29) is 11.4 Å². The van der Waals surface area contributed by atoms with Gasteiger partial charge in [-0.3, -0.25) is 10.2 Å². The first-order valence-electron chi connectivity index (χ1n) is 5.93. The fourth-order valence-corrected chi connectivity index (χ4v) is 2.19. The van der Waals surface area contributed by atoms with Crippen LogP contribution < -0.4 is 10.7 Å². The van der Waals surface area contributed by atoms with Gasteiger partial charge in [0.25, 0.3) is 5.91 Å². The van der Waals surface area contributed by atoms with Crippen LogP contribution in [0.15, 0.2) is 30.3 Å². The van der Waals surface area contributed by atoms with Crippen LogP contribution in [0, 0.1) is 0 Å². The molecule has 17 heavy (non-hydrogen) atoms. The summed E-state index contributed by atoms with van der Waals surface area (Å²) in [5, 5.41) is 5.23. The Morgan fingerprint density at radius 2 is 2.06 bits per heavy atom. The molecule has 1 aromatic carbocycles. The first-order valence-corrected chi connectivity index (χ1v) is 5.93. The third kappa shape index (κ3) is 2.84. The summed E-state index contributed by atoms with van der Waals surface area (Å²) < 4.78 is 0. The number of nitrogens with one attached hydrogen (secondary N) is 2. The molecule has 1 saturated heterocycles. The molecule has 0 bridgehead atoms. The van der Waals surface area contributed by atoms with Crippen LogP contribution in [0.4, 0.5) is 0 Å². The second kappa shape index (κ2) is 4.85. The quantitative estimate of drug-likeness (QED) is 0.819. The Balaban J connectivity index is 2.00. The molecule has 92 valence electrons. The van der Waals surface area contributed by atoms with E-state index in [0.717, 1.165) is 25.1 Å². The lowest BCUT2D eigenvalue weighted by molar-refractivity contribution is 0.0905. The number of carbonyl (C=O) groups is 1. The molecule has 0 radical (unpaired) electrons. The predicted octanol–water partition coefficient (Wildman–Crippen LogP) is 1.02. The molecule has 0 aliphatic carbocycles. The highest BCUT2D eigenvalue weighted by atomic mass is 16.1. The highest BCUT2D eigenvalue weighted by Gasteiger charge is 2.34. The maximum Gasteiger partial charge on any atom is 0.251 e. The molecular formula is C13H19N3O. The van der Waals surface area contributed by atoms with Gasteiger partial charge < -0.3 is 5.32 Å². The average molecular weight is 233 g/mol. The molecule has 2 N–H and O–H groups in total. The third-order valence-corrected chi connectivity index (χ3v) is 3.24. The van der Waals surface area contributed by atoms with Gasteiger partial charge in [-0.1, -0.05) is 18.2 Å². The Morgan fingerprint density at radius 3 is 2.65 bits per heavy atom. The molecule has 1 aliphatic heterocycles. The van der Waals surface area contributed by atoms with Crippen molar-refractivity contribution in [2.75, 3.05) is 20.1 Å². The molecule has 1 fully saturated rings. The Morgan fingerprint density at radius 1 is 1.35 bits per heavy atom. The molecule has 0 aromatic heterocycles. The van der Waals surface area contributed by atoms with Crippen LogP contribution in [0.5, 0.6) is 0 Å². The molecule has 1 heterocycles. The van der Waals surface area contributed by atoms with Crippen LogP contribution in [-0.4, -0.2) is 36.6 Å². The molecule has 2 rings (SSSR count). The SMILES string of the molecule is CNN1CCC(C)(NC(=O)c2ccccc2)C1. The lowest BCUT2D eigenvalue weighted by atomic mass is 10.0. The number of amides is 1. The molecule has 0 saturated carbocycles. The van der Waals surface area contributed by atoms with Crippen molar-refractivity contribution in [3.05, 3.63) is 35.9 Å². The topological polar surface area (TPSA) is 44.4 Å². The highest BCUT2D eigenvalue weighted by molar-refractivity contribution is 5.94. The number of hydrogen-bond acceptors (Lipinski definition) is 3. The summed E-state index contributed by atoms with van der Waals surface area (Å²) in [6.07, 6.45) is 0.965. The fraction of sp³-hybridized carbons (Fsp3) is 0.462. The average Bonchev–Trinajstić information content (AvgIpc) is 2.72. The summed E-state index contributed by atoms with van der Waals surface area (Å²) >= 11 is 0. The van der Waals surface area contributed by atoms with E-state index in [4.69, 9.17) is 0 Å². The van der Waals surface area contributed by atoms with E-state index in [1.807, 2.05) is 37.4 Å². The van der Waals surface area contributed by atoms with Crippen LogP contribution in [0.2, 0.25) is 0 Å². The Bertz CT molecular complexity index is 393. The zero-order valence-corrected chi connectivity index (χ0v) is 10.4. The zero-order chi connectivity index (χ0) is 12.3. The molecule has 1 aromatic rings. The van der Waals surface area contributed by atoms with Gasteiger partial charge in [0.1, 0.15) is 0 Å². The second-order valence-corrected chi connectivity index (χ2v) is 4.78. The third-order valence-electron chi connectivity index (χ3n) is 3.24. The van der Waals surface area contributed by atoms with Gasteiger partial charge in [-0.05, 0) is 32.5 Å². The van der Waals surface area contributed by atoms with Gasteiger partial charge in [-0.25, -0.2) is 5.01 Å². The maximum atomic E-state index is 12.1. The summed E-state index contributed by atoms with van der Waals surface area (Å²) in [5.74, 6) is 0.00560. The van der Waals surface area contributed by atoms with Crippen molar-refractivity contribution in [2.24, 2.45) is 0 Å². The summed E-state index contributed by atoms with van der Waals surface area (Å²) in [6.45, 7) is 3.88. The van der Waals surface area contributed by atoms with E-state index >= 15 is 0 Å². The lowest BCUT2D eigenvalue weighted by Gasteiger charge is -2.26. The van der Waals surface area contributed by atoms with E-state index in [9.17, 15) is 4.79 Å². The number of hydrogen-bond donors (Lipinski definition) is 2. The monoisotopic (exact) mass is 233 g/mol. The van der Waals surface area contributed by atoms with E-state index in [1.54, 1.807) is 0 Å². The van der Waals surface area contributed by atoms with Crippen LogP contribution in [0.25, 0.3) is 0 Å². The largest absolute Gasteiger partial charge is 0.345 e. The van der Waals surface area contributed by atoms with Gasteiger partial charge >= 0.3 is 0 Å². The van der Waals surface area contributed by atoms with E-state index in [1.165, 1.54) is 0 Å². The normalized spacial score (nSPS) is 24.8. The predicted molar refractivity (Wildman–Crippen MR) is 67.6 cm³/mol. The van der Waals surface area contributed by atoms with E-state index in [0.29, 0.717) is 0 Å². The Kier molecular flexibility index (Phi) is 3.45. The van der Waals surface area contributed by atoms with Crippen LogP contribution >= 0.6 is 0 Å². The first kappa shape index (κ1) is 12.1. The number of hydrazine groups is 1. The fourth-order valence-electron chi connectivity index (χ4n) is 2.19. The van der Waals surface area contributed by atoms with Crippen molar-refractivity contribution < 1.29 is 4.79 Å². The number of rotatable bonds is 3. The lowest BCUT2D eigenvalue weighted by Crippen LogP contribution is -2.49. The summed E-state index contributed by atoms with van der Waals surface area (Å²) in [5.41, 5.74) is 3.69. The van der Waals surface area contributed by atoms with Gasteiger partial charge in [0.15, 0.2) is 0 Å². The van der Waals surface area contributed by atoms with Gasteiger partial charge in [0.05, 0.1) is 5.54 Å². The van der Waals surface area contributed by atoms with Crippen LogP contribution in [-0.2, 0) is 0 Å². The summed E-state index contributed by atoms with van der Waals surface area (Å²) in [7, 11) is 1.91. The molecule has 0 spiro atoms. The minimum atomic E-state index is -0.143. The minimum Gasteiger partial charge on any atom is -0.345 e. The van der Waals surface area contributed by atoms with Gasteiger partial charge in [-0.2, -0.15) is 0 Å². The van der Waals surface area contributed by atoms with Gasteiger partial charge in [0, 0.05) is 18.7 Å². The van der Waals surface area contributed by atoms with Crippen molar-refractivity contribution in [3.8, 4) is 0 Å². The summed E-state index contributed by atoms with van der Waals surface area (Å²) in [4.78, 5) is 12.1. The van der Waals surface area contributed by atoms with Gasteiger partial charge in [0.2, 0.25) is 0 Å². The van der Waals surface area contributed by atoms with Crippen molar-refractivity contribution in [2.45, 2.75) is 18.9 Å². The number of nitrogens with zero attached hydrogens (tertiary/aromatic N) is 1. The van der Waals surface area contributed by atoms with E-state index in [2.05, 4.69) is 22.7 Å². The maximum absolute atomic E-state index is 12.1. The minimum absolute atomic E-state index is 0.00560. The Hall–Kier alpha value is -1.39. The summed E-state index contributed by atoms with van der Waals surface area (Å²) in [6, 6.07) is 9.35. The zero-order valence-electron chi connectivity index (χ0n) is 10.4. The molecular weight excluding hydrogens is 214 g/mol. The molecule has 1 unspecified atom stereocenters. The van der Waals surface area contributed by atoms with Crippen LogP contribution in [0.3, 0.4) is 0 Å². The smallest absolute Gasteiger partial charge is 0.251 e. The standard InChI is InChI=1S/C13H19N3O/c1-13(8-9-16(10-13)14-2)15-12(17)11-6-4-3-5-7-11/h3-7,14H,8-10H2,1-2H3,(H,15,17). The molecule has 4 heteroatoms. The Labute approximate surface area is 102 Å². The highest BCUT2D eigenvalue weighted by Crippen LogP contribution is 2.19.